The molecule has 0 unspecified atom stereocenters. The van der Waals surface area contributed by atoms with Crippen LogP contribution in [0, 0.1) is 0 Å². The molecule has 3 rings (SSSR count). The first-order valence-corrected chi connectivity index (χ1v) is 8.84. The molecule has 28 heavy (non-hydrogen) atoms. The molecule has 142 valence electrons. The van der Waals surface area contributed by atoms with Crippen molar-refractivity contribution in [2.24, 2.45) is 4.99 Å². The third kappa shape index (κ3) is 4.57. The number of carbonyl (C=O) groups is 1. The van der Waals surface area contributed by atoms with Crippen LogP contribution >= 0.6 is 0 Å². The molecule has 0 spiro atoms. The molecule has 0 aliphatic heterocycles. The van der Waals surface area contributed by atoms with E-state index in [9.17, 15) is 4.79 Å². The van der Waals surface area contributed by atoms with Gasteiger partial charge in [0.05, 0.1) is 12.8 Å². The molecule has 5 heteroatoms. The molecular weight excluding hydrogens is 354 g/mol. The summed E-state index contributed by atoms with van der Waals surface area (Å²) in [6, 6.07) is 23.3. The first-order valence-electron chi connectivity index (χ1n) is 8.84. The lowest BCUT2D eigenvalue weighted by Crippen LogP contribution is -2.23. The molecule has 5 nitrogen and oxygen atoms in total. The smallest absolute Gasteiger partial charge is 0.344 e. The maximum absolute atomic E-state index is 11.1. The Bertz CT molecular complexity index is 966. The van der Waals surface area contributed by atoms with E-state index in [1.54, 1.807) is 24.4 Å². The summed E-state index contributed by atoms with van der Waals surface area (Å²) in [4.78, 5) is 15.6. The highest BCUT2D eigenvalue weighted by molar-refractivity contribution is 5.87. The van der Waals surface area contributed by atoms with E-state index in [0.717, 1.165) is 16.8 Å². The van der Waals surface area contributed by atoms with Crippen molar-refractivity contribution in [2.45, 2.75) is 13.0 Å². The lowest BCUT2D eigenvalue weighted by atomic mass is 10.1. The minimum atomic E-state index is -1.05. The zero-order valence-electron chi connectivity index (χ0n) is 15.7. The van der Waals surface area contributed by atoms with Gasteiger partial charge in [-0.3, -0.25) is 4.99 Å². The summed E-state index contributed by atoms with van der Waals surface area (Å²) < 4.78 is 10.9. The van der Waals surface area contributed by atoms with Gasteiger partial charge in [0.1, 0.15) is 0 Å². The Morgan fingerprint density at radius 2 is 1.64 bits per heavy atom. The maximum atomic E-state index is 11.1. The van der Waals surface area contributed by atoms with Crippen LogP contribution < -0.4 is 9.47 Å². The first kappa shape index (κ1) is 19.2. The quantitative estimate of drug-likeness (QED) is 0.592. The number of carboxylic acid groups (broad SMARTS) is 1. The highest BCUT2D eigenvalue weighted by Gasteiger charge is 2.17. The Morgan fingerprint density at radius 3 is 2.29 bits per heavy atom. The molecule has 0 saturated heterocycles. The number of hydrogen-bond donors (Lipinski definition) is 1. The van der Waals surface area contributed by atoms with Crippen LogP contribution in [0.15, 0.2) is 77.8 Å². The van der Waals surface area contributed by atoms with Crippen LogP contribution in [0.2, 0.25) is 0 Å². The predicted molar refractivity (Wildman–Crippen MR) is 110 cm³/mol. The van der Waals surface area contributed by atoms with E-state index in [0.29, 0.717) is 17.1 Å². The van der Waals surface area contributed by atoms with Gasteiger partial charge in [-0.2, -0.15) is 0 Å². The summed E-state index contributed by atoms with van der Waals surface area (Å²) in [6.07, 6.45) is 0.637. The summed E-state index contributed by atoms with van der Waals surface area (Å²) in [7, 11) is 1.51. The molecule has 0 amide bonds. The van der Waals surface area contributed by atoms with E-state index in [4.69, 9.17) is 14.6 Å². The number of benzene rings is 3. The van der Waals surface area contributed by atoms with E-state index in [-0.39, 0.29) is 0 Å². The van der Waals surface area contributed by atoms with Crippen LogP contribution in [-0.2, 0) is 4.79 Å². The number of ether oxygens (including phenoxy) is 2. The molecule has 0 bridgehead atoms. The van der Waals surface area contributed by atoms with Gasteiger partial charge in [-0.05, 0) is 42.3 Å². The van der Waals surface area contributed by atoms with Crippen molar-refractivity contribution in [3.8, 4) is 22.6 Å². The molecule has 3 aromatic rings. The molecule has 0 radical (unpaired) electrons. The number of rotatable bonds is 7. The predicted octanol–water partition coefficient (Wildman–Crippen LogP) is 4.96. The minimum Gasteiger partial charge on any atom is -0.493 e. The van der Waals surface area contributed by atoms with Crippen LogP contribution in [0.5, 0.6) is 11.5 Å². The standard InChI is InChI=1S/C23H21NO4/c1-16(23(25)26)28-22-19(9-6-10-21(22)27-2)15-24-20-13-11-18(12-14-20)17-7-4-3-5-8-17/h3-16H,1-2H3,(H,25,26)/t16-/m0/s1. The van der Waals surface area contributed by atoms with Gasteiger partial charge in [0.15, 0.2) is 17.6 Å². The zero-order chi connectivity index (χ0) is 19.9. The van der Waals surface area contributed by atoms with Gasteiger partial charge < -0.3 is 14.6 Å². The van der Waals surface area contributed by atoms with Gasteiger partial charge in [-0.15, -0.1) is 0 Å². The largest absolute Gasteiger partial charge is 0.493 e. The van der Waals surface area contributed by atoms with Crippen molar-refractivity contribution in [2.75, 3.05) is 7.11 Å². The third-order valence-corrected chi connectivity index (χ3v) is 4.20. The van der Waals surface area contributed by atoms with E-state index < -0.39 is 12.1 Å². The topological polar surface area (TPSA) is 68.1 Å². The number of nitrogens with zero attached hydrogens (tertiary/aromatic N) is 1. The number of methoxy groups -OCH3 is 1. The summed E-state index contributed by atoms with van der Waals surface area (Å²) in [5.41, 5.74) is 3.67. The second-order valence-corrected chi connectivity index (χ2v) is 6.15. The second kappa shape index (κ2) is 8.86. The fourth-order valence-electron chi connectivity index (χ4n) is 2.66. The van der Waals surface area contributed by atoms with Crippen LogP contribution in [0.25, 0.3) is 11.1 Å². The van der Waals surface area contributed by atoms with E-state index in [2.05, 4.69) is 17.1 Å². The maximum Gasteiger partial charge on any atom is 0.344 e. The number of aliphatic imine (C=N–C) groups is 1. The van der Waals surface area contributed by atoms with E-state index >= 15 is 0 Å². The fraction of sp³-hybridized carbons (Fsp3) is 0.130. The van der Waals surface area contributed by atoms with Crippen LogP contribution in [-0.4, -0.2) is 30.5 Å². The number of hydrogen-bond acceptors (Lipinski definition) is 4. The molecular formula is C23H21NO4. The van der Waals surface area contributed by atoms with Crippen LogP contribution in [0.1, 0.15) is 12.5 Å². The molecule has 3 aromatic carbocycles. The zero-order valence-corrected chi connectivity index (χ0v) is 15.7. The molecule has 0 aliphatic rings. The molecule has 0 saturated carbocycles. The molecule has 0 fully saturated rings. The van der Waals surface area contributed by atoms with Crippen molar-refractivity contribution < 1.29 is 19.4 Å². The van der Waals surface area contributed by atoms with Gasteiger partial charge >= 0.3 is 5.97 Å². The van der Waals surface area contributed by atoms with Gasteiger partial charge in [0, 0.05) is 11.8 Å². The fourth-order valence-corrected chi connectivity index (χ4v) is 2.66. The van der Waals surface area contributed by atoms with Gasteiger partial charge in [-0.1, -0.05) is 48.5 Å². The van der Waals surface area contributed by atoms with Crippen molar-refractivity contribution in [3.63, 3.8) is 0 Å². The molecule has 0 heterocycles. The number of aliphatic carboxylic acids is 1. The van der Waals surface area contributed by atoms with Gasteiger partial charge in [0.25, 0.3) is 0 Å². The molecule has 1 N–H and O–H groups in total. The van der Waals surface area contributed by atoms with E-state index in [1.165, 1.54) is 14.0 Å². The Kier molecular flexibility index (Phi) is 6.07. The molecule has 1 atom stereocenters. The molecule has 0 aromatic heterocycles. The van der Waals surface area contributed by atoms with E-state index in [1.807, 2.05) is 42.5 Å². The molecule has 0 aliphatic carbocycles. The SMILES string of the molecule is COc1cccc(C=Nc2ccc(-c3ccccc3)cc2)c1O[C@@H](C)C(=O)O. The second-order valence-electron chi connectivity index (χ2n) is 6.15. The highest BCUT2D eigenvalue weighted by Crippen LogP contribution is 2.31. The summed E-state index contributed by atoms with van der Waals surface area (Å²) in [5.74, 6) is -0.244. The Hall–Kier alpha value is -3.60. The normalized spacial score (nSPS) is 11.9. The lowest BCUT2D eigenvalue weighted by molar-refractivity contribution is -0.144. The number of para-hydroxylation sites is 1. The summed E-state index contributed by atoms with van der Waals surface area (Å²) >= 11 is 0. The van der Waals surface area contributed by atoms with Gasteiger partial charge in [-0.25, -0.2) is 4.79 Å². The first-order chi connectivity index (χ1) is 13.6. The average Bonchev–Trinajstić information content (AvgIpc) is 2.73. The highest BCUT2D eigenvalue weighted by atomic mass is 16.5. The summed E-state index contributed by atoms with van der Waals surface area (Å²) in [6.45, 7) is 1.47. The van der Waals surface area contributed by atoms with Crippen molar-refractivity contribution in [1.82, 2.24) is 0 Å². The van der Waals surface area contributed by atoms with Gasteiger partial charge in [0.2, 0.25) is 0 Å². The van der Waals surface area contributed by atoms with Crippen molar-refractivity contribution in [3.05, 3.63) is 78.4 Å². The monoisotopic (exact) mass is 375 g/mol. The average molecular weight is 375 g/mol. The third-order valence-electron chi connectivity index (χ3n) is 4.20. The van der Waals surface area contributed by atoms with Crippen molar-refractivity contribution >= 4 is 17.9 Å². The van der Waals surface area contributed by atoms with Crippen molar-refractivity contribution in [1.29, 1.82) is 0 Å². The van der Waals surface area contributed by atoms with Crippen LogP contribution in [0.3, 0.4) is 0 Å². The summed E-state index contributed by atoms with van der Waals surface area (Å²) in [5, 5.41) is 9.13. The minimum absolute atomic E-state index is 0.351. The Labute approximate surface area is 163 Å². The Morgan fingerprint density at radius 1 is 0.964 bits per heavy atom. The Balaban J connectivity index is 1.84. The lowest BCUT2D eigenvalue weighted by Gasteiger charge is -2.15. The van der Waals surface area contributed by atoms with Crippen LogP contribution in [0.4, 0.5) is 5.69 Å². The number of carboxylic acids is 1.